The topological polar surface area (TPSA) is 68.7 Å². The first-order valence-electron chi connectivity index (χ1n) is 9.00. The number of rotatable bonds is 6. The first-order valence-corrected chi connectivity index (χ1v) is 9.76. The van der Waals surface area contributed by atoms with Crippen molar-refractivity contribution in [1.29, 1.82) is 0 Å². The number of aliphatic hydroxyl groups excluding tert-OH is 1. The second kappa shape index (κ2) is 7.74. The average Bonchev–Trinajstić information content (AvgIpc) is 3.27. The average molecular weight is 420 g/mol. The summed E-state index contributed by atoms with van der Waals surface area (Å²) in [5, 5.41) is 11.5. The van der Waals surface area contributed by atoms with Crippen molar-refractivity contribution in [2.75, 3.05) is 7.11 Å². The number of hydrogen-bond donors (Lipinski definition) is 1. The van der Waals surface area contributed by atoms with Crippen molar-refractivity contribution in [2.45, 2.75) is 25.0 Å². The Labute approximate surface area is 172 Å². The summed E-state index contributed by atoms with van der Waals surface area (Å²) in [7, 11) is 1.54. The molecule has 1 saturated carbocycles. The molecule has 28 heavy (non-hydrogen) atoms. The lowest BCUT2D eigenvalue weighted by molar-refractivity contribution is -0.126. The summed E-state index contributed by atoms with van der Waals surface area (Å²) in [6.45, 7) is 0. The van der Waals surface area contributed by atoms with Gasteiger partial charge in [-0.15, -0.1) is 0 Å². The molecular formula is C21H19Cl2NO4. The summed E-state index contributed by atoms with van der Waals surface area (Å²) in [6, 6.07) is 5.18. The highest BCUT2D eigenvalue weighted by atomic mass is 35.5. The van der Waals surface area contributed by atoms with Gasteiger partial charge in [-0.3, -0.25) is 9.78 Å². The Morgan fingerprint density at radius 2 is 1.96 bits per heavy atom. The van der Waals surface area contributed by atoms with Crippen LogP contribution in [0.5, 0.6) is 11.5 Å². The van der Waals surface area contributed by atoms with Crippen LogP contribution in [0.25, 0.3) is 0 Å². The minimum atomic E-state index is -0.860. The number of fused-ring (bicyclic) bond motifs is 2. The third-order valence-electron chi connectivity index (χ3n) is 5.33. The standard InChI is InChI=1S/C21H19Cl2NO4/c1-27-18-5-4-11(17(25)8-14-15(22)9-24-10-16(14)23)7-19(18)28-21-13-3-2-12(6-13)20(21)26/h2-5,7,9-10,12-13,17,21,25H,6,8H2,1H3. The number of carbonyl (C=O) groups is 1. The molecule has 4 unspecified atom stereocenters. The van der Waals surface area contributed by atoms with Crippen LogP contribution in [-0.2, 0) is 11.2 Å². The molecule has 0 radical (unpaired) electrons. The second-order valence-corrected chi connectivity index (χ2v) is 7.86. The van der Waals surface area contributed by atoms with Crippen LogP contribution in [-0.4, -0.2) is 29.1 Å². The van der Waals surface area contributed by atoms with Crippen molar-refractivity contribution in [2.24, 2.45) is 11.8 Å². The van der Waals surface area contributed by atoms with Crippen LogP contribution < -0.4 is 9.47 Å². The van der Waals surface area contributed by atoms with Crippen LogP contribution in [0.4, 0.5) is 0 Å². The molecule has 2 aromatic rings. The molecule has 1 aromatic heterocycles. The van der Waals surface area contributed by atoms with E-state index in [1.807, 2.05) is 12.2 Å². The summed E-state index contributed by atoms with van der Waals surface area (Å²) in [6.07, 6.45) is 6.62. The van der Waals surface area contributed by atoms with Crippen molar-refractivity contribution in [3.8, 4) is 11.5 Å². The van der Waals surface area contributed by atoms with Crippen molar-refractivity contribution in [3.05, 3.63) is 63.9 Å². The first-order chi connectivity index (χ1) is 13.5. The molecule has 4 rings (SSSR count). The number of allylic oxidation sites excluding steroid dienone is 1. The van der Waals surface area contributed by atoms with Crippen LogP contribution in [0.2, 0.25) is 10.0 Å². The largest absolute Gasteiger partial charge is 0.493 e. The van der Waals surface area contributed by atoms with Gasteiger partial charge < -0.3 is 14.6 Å². The summed E-state index contributed by atoms with van der Waals surface area (Å²) in [5.41, 5.74) is 1.24. The number of benzene rings is 1. The van der Waals surface area contributed by atoms with Gasteiger partial charge in [0.25, 0.3) is 0 Å². The molecule has 1 aromatic carbocycles. The second-order valence-electron chi connectivity index (χ2n) is 7.04. The van der Waals surface area contributed by atoms with Gasteiger partial charge in [-0.05, 0) is 29.7 Å². The molecule has 4 atom stereocenters. The van der Waals surface area contributed by atoms with E-state index < -0.39 is 12.2 Å². The maximum atomic E-state index is 12.4. The van der Waals surface area contributed by atoms with E-state index in [9.17, 15) is 9.90 Å². The molecule has 1 N–H and O–H groups in total. The molecule has 0 aliphatic heterocycles. The van der Waals surface area contributed by atoms with Gasteiger partial charge in [0.15, 0.2) is 23.4 Å². The number of methoxy groups -OCH3 is 1. The van der Waals surface area contributed by atoms with Gasteiger partial charge in [0.05, 0.1) is 23.3 Å². The number of hydrogen-bond acceptors (Lipinski definition) is 5. The van der Waals surface area contributed by atoms with Crippen LogP contribution >= 0.6 is 23.2 Å². The van der Waals surface area contributed by atoms with Gasteiger partial charge in [0.2, 0.25) is 0 Å². The van der Waals surface area contributed by atoms with Crippen molar-refractivity contribution in [1.82, 2.24) is 4.98 Å². The Balaban J connectivity index is 1.58. The SMILES string of the molecule is COc1ccc(C(O)Cc2c(Cl)cncc2Cl)cc1OC1C(=O)C2C=CC1C2. The zero-order chi connectivity index (χ0) is 19.8. The Hall–Kier alpha value is -2.08. The third kappa shape index (κ3) is 3.50. The zero-order valence-electron chi connectivity index (χ0n) is 15.1. The number of aromatic nitrogens is 1. The van der Waals surface area contributed by atoms with Crippen LogP contribution in [0, 0.1) is 11.8 Å². The normalized spacial score (nSPS) is 23.9. The van der Waals surface area contributed by atoms with E-state index in [1.165, 1.54) is 19.5 Å². The first kappa shape index (κ1) is 19.2. The summed E-state index contributed by atoms with van der Waals surface area (Å²) >= 11 is 12.3. The molecule has 2 bridgehead atoms. The maximum absolute atomic E-state index is 12.4. The molecule has 2 aliphatic carbocycles. The van der Waals surface area contributed by atoms with Crippen molar-refractivity contribution in [3.63, 3.8) is 0 Å². The highest BCUT2D eigenvalue weighted by Gasteiger charge is 2.45. The van der Waals surface area contributed by atoms with E-state index in [0.717, 1.165) is 6.42 Å². The predicted octanol–water partition coefficient (Wildman–Crippen LogP) is 4.20. The van der Waals surface area contributed by atoms with Crippen molar-refractivity contribution >= 4 is 29.0 Å². The quantitative estimate of drug-likeness (QED) is 0.710. The number of Topliss-reactive ketones (excluding diaryl/α,β-unsaturated/α-hetero) is 1. The molecule has 0 amide bonds. The molecule has 1 fully saturated rings. The number of ketones is 1. The molecule has 0 spiro atoms. The number of nitrogens with zero attached hydrogens (tertiary/aromatic N) is 1. The molecule has 5 nitrogen and oxygen atoms in total. The third-order valence-corrected chi connectivity index (χ3v) is 5.98. The number of halogens is 2. The fourth-order valence-electron chi connectivity index (χ4n) is 3.80. The van der Waals surface area contributed by atoms with E-state index in [0.29, 0.717) is 32.7 Å². The fourth-order valence-corrected chi connectivity index (χ4v) is 4.32. The van der Waals surface area contributed by atoms with Gasteiger partial charge in [-0.1, -0.05) is 41.4 Å². The zero-order valence-corrected chi connectivity index (χ0v) is 16.7. The molecule has 1 heterocycles. The van der Waals surface area contributed by atoms with E-state index >= 15 is 0 Å². The number of aliphatic hydroxyl groups is 1. The molecular weight excluding hydrogens is 401 g/mol. The number of ether oxygens (including phenoxy) is 2. The molecule has 0 saturated heterocycles. The Morgan fingerprint density at radius 1 is 1.21 bits per heavy atom. The fraction of sp³-hybridized carbons (Fsp3) is 0.333. The van der Waals surface area contributed by atoms with Crippen molar-refractivity contribution < 1.29 is 19.4 Å². The monoisotopic (exact) mass is 419 g/mol. The maximum Gasteiger partial charge on any atom is 0.180 e. The van der Waals surface area contributed by atoms with E-state index in [-0.39, 0.29) is 24.0 Å². The van der Waals surface area contributed by atoms with Gasteiger partial charge in [0.1, 0.15) is 0 Å². The number of pyridine rings is 1. The van der Waals surface area contributed by atoms with Gasteiger partial charge >= 0.3 is 0 Å². The Kier molecular flexibility index (Phi) is 5.32. The van der Waals surface area contributed by atoms with Crippen LogP contribution in [0.1, 0.15) is 23.7 Å². The highest BCUT2D eigenvalue weighted by molar-refractivity contribution is 6.35. The van der Waals surface area contributed by atoms with Gasteiger partial charge in [0, 0.05) is 30.7 Å². The molecule has 2 aliphatic rings. The Bertz CT molecular complexity index is 926. The smallest absolute Gasteiger partial charge is 0.180 e. The van der Waals surface area contributed by atoms with Gasteiger partial charge in [-0.2, -0.15) is 0 Å². The van der Waals surface area contributed by atoms with E-state index in [2.05, 4.69) is 4.98 Å². The minimum absolute atomic E-state index is 0.0502. The molecule has 7 heteroatoms. The predicted molar refractivity (Wildman–Crippen MR) is 106 cm³/mol. The van der Waals surface area contributed by atoms with Crippen LogP contribution in [0.15, 0.2) is 42.7 Å². The van der Waals surface area contributed by atoms with E-state index in [4.69, 9.17) is 32.7 Å². The summed E-state index contributed by atoms with van der Waals surface area (Å²) < 4.78 is 11.4. The summed E-state index contributed by atoms with van der Waals surface area (Å²) in [5.74, 6) is 1.08. The van der Waals surface area contributed by atoms with Gasteiger partial charge in [-0.25, -0.2) is 0 Å². The summed E-state index contributed by atoms with van der Waals surface area (Å²) in [4.78, 5) is 16.3. The lowest BCUT2D eigenvalue weighted by Crippen LogP contribution is -2.31. The van der Waals surface area contributed by atoms with E-state index in [1.54, 1.807) is 18.2 Å². The van der Waals surface area contributed by atoms with Crippen LogP contribution in [0.3, 0.4) is 0 Å². The lowest BCUT2D eigenvalue weighted by Gasteiger charge is -2.22. The highest BCUT2D eigenvalue weighted by Crippen LogP contribution is 2.41. The number of carbonyl (C=O) groups excluding carboxylic acids is 1. The minimum Gasteiger partial charge on any atom is -0.493 e. The molecule has 146 valence electrons. The lowest BCUT2D eigenvalue weighted by atomic mass is 10.0. The Morgan fingerprint density at radius 3 is 2.61 bits per heavy atom.